The number of halogens is 1. The van der Waals surface area contributed by atoms with Gasteiger partial charge >= 0.3 is 5.97 Å². The number of rotatable bonds is 6. The van der Waals surface area contributed by atoms with Crippen LogP contribution in [0.5, 0.6) is 17.4 Å². The van der Waals surface area contributed by atoms with Crippen molar-refractivity contribution in [2.75, 3.05) is 7.11 Å². The molecule has 1 aromatic carbocycles. The number of benzene rings is 1. The van der Waals surface area contributed by atoms with Crippen LogP contribution in [0.2, 0.25) is 0 Å². The van der Waals surface area contributed by atoms with Crippen molar-refractivity contribution in [2.45, 2.75) is 13.5 Å². The molecule has 6 nitrogen and oxygen atoms in total. The first-order chi connectivity index (χ1) is 13.1. The first-order valence-corrected chi connectivity index (χ1v) is 8.12. The van der Waals surface area contributed by atoms with Crippen molar-refractivity contribution in [3.8, 4) is 17.4 Å². The van der Waals surface area contributed by atoms with Gasteiger partial charge in [-0.25, -0.2) is 14.2 Å². The smallest absolute Gasteiger partial charge is 0.351 e. The number of pyridine rings is 2. The minimum Gasteiger partial charge on any atom is -0.497 e. The molecule has 0 spiro atoms. The molecule has 0 amide bonds. The van der Waals surface area contributed by atoms with Crippen molar-refractivity contribution in [1.82, 2.24) is 9.97 Å². The van der Waals surface area contributed by atoms with Gasteiger partial charge < -0.3 is 14.2 Å². The van der Waals surface area contributed by atoms with Gasteiger partial charge in [-0.05, 0) is 30.7 Å². The molecular formula is C20H17FN2O4. The van der Waals surface area contributed by atoms with E-state index in [-0.39, 0.29) is 29.5 Å². The second-order valence-corrected chi connectivity index (χ2v) is 5.59. The normalized spacial score (nSPS) is 10.3. The zero-order valence-corrected chi connectivity index (χ0v) is 14.8. The minimum absolute atomic E-state index is 0.00477. The lowest BCUT2D eigenvalue weighted by Gasteiger charge is -2.12. The van der Waals surface area contributed by atoms with Crippen molar-refractivity contribution in [1.29, 1.82) is 0 Å². The first-order valence-electron chi connectivity index (χ1n) is 8.12. The van der Waals surface area contributed by atoms with Crippen molar-refractivity contribution >= 4 is 5.97 Å². The van der Waals surface area contributed by atoms with Crippen LogP contribution in [0, 0.1) is 12.7 Å². The Kier molecular flexibility index (Phi) is 5.61. The van der Waals surface area contributed by atoms with Crippen LogP contribution in [0.15, 0.2) is 54.9 Å². The van der Waals surface area contributed by atoms with Gasteiger partial charge in [0.05, 0.1) is 19.0 Å². The molecule has 3 aromatic rings. The van der Waals surface area contributed by atoms with Gasteiger partial charge in [0.1, 0.15) is 17.9 Å². The Morgan fingerprint density at radius 3 is 2.56 bits per heavy atom. The van der Waals surface area contributed by atoms with Crippen molar-refractivity contribution in [3.63, 3.8) is 0 Å². The first kappa shape index (κ1) is 18.3. The number of nitrogens with zero attached hydrogens (tertiary/aromatic N) is 2. The summed E-state index contributed by atoms with van der Waals surface area (Å²) in [4.78, 5) is 20.3. The summed E-state index contributed by atoms with van der Waals surface area (Å²) in [5, 5.41) is 0. The molecule has 0 aliphatic carbocycles. The summed E-state index contributed by atoms with van der Waals surface area (Å²) >= 11 is 0. The van der Waals surface area contributed by atoms with E-state index in [1.807, 2.05) is 12.1 Å². The second kappa shape index (κ2) is 8.27. The zero-order chi connectivity index (χ0) is 19.2. The fraction of sp³-hybridized carbons (Fsp3) is 0.150. The van der Waals surface area contributed by atoms with Crippen LogP contribution in [-0.4, -0.2) is 23.0 Å². The molecule has 0 aliphatic rings. The van der Waals surface area contributed by atoms with E-state index in [0.717, 1.165) is 5.56 Å². The highest BCUT2D eigenvalue weighted by molar-refractivity contribution is 5.94. The quantitative estimate of drug-likeness (QED) is 0.618. The molecule has 0 aliphatic heterocycles. The van der Waals surface area contributed by atoms with Gasteiger partial charge in [-0.15, -0.1) is 0 Å². The number of methoxy groups -OCH3 is 1. The number of hydrogen-bond donors (Lipinski definition) is 0. The Bertz CT molecular complexity index is 931. The third kappa shape index (κ3) is 4.38. The number of ether oxygens (including phenoxy) is 3. The average molecular weight is 368 g/mol. The third-order valence-electron chi connectivity index (χ3n) is 3.75. The summed E-state index contributed by atoms with van der Waals surface area (Å²) in [5.74, 6) is -0.918. The Morgan fingerprint density at radius 1 is 1.11 bits per heavy atom. The van der Waals surface area contributed by atoms with Crippen molar-refractivity contribution < 1.29 is 23.4 Å². The standard InChI is InChI=1S/C20H17FN2O4/c1-13-19(21)18(20(24)27-17-5-3-4-10-22-17)16(11-23-13)26-12-14-6-8-15(25-2)9-7-14/h3-11H,12H2,1-2H3. The maximum Gasteiger partial charge on any atom is 0.351 e. The van der Waals surface area contributed by atoms with E-state index >= 15 is 0 Å². The van der Waals surface area contributed by atoms with Gasteiger partial charge in [-0.1, -0.05) is 18.2 Å². The second-order valence-electron chi connectivity index (χ2n) is 5.59. The van der Waals surface area contributed by atoms with Gasteiger partial charge in [0.2, 0.25) is 5.88 Å². The van der Waals surface area contributed by atoms with Crippen molar-refractivity contribution in [2.24, 2.45) is 0 Å². The lowest BCUT2D eigenvalue weighted by molar-refractivity contribution is 0.0716. The van der Waals surface area contributed by atoms with Crippen LogP contribution in [-0.2, 0) is 6.61 Å². The molecule has 2 heterocycles. The molecule has 2 aromatic heterocycles. The zero-order valence-electron chi connectivity index (χ0n) is 14.8. The monoisotopic (exact) mass is 368 g/mol. The maximum absolute atomic E-state index is 14.6. The number of esters is 1. The summed E-state index contributed by atoms with van der Waals surface area (Å²) in [7, 11) is 1.58. The van der Waals surface area contributed by atoms with Crippen LogP contribution >= 0.6 is 0 Å². The maximum atomic E-state index is 14.6. The van der Waals surface area contributed by atoms with E-state index < -0.39 is 11.8 Å². The van der Waals surface area contributed by atoms with Gasteiger partial charge in [0.15, 0.2) is 11.6 Å². The Hall–Kier alpha value is -3.48. The number of carbonyl (C=O) groups excluding carboxylic acids is 1. The summed E-state index contributed by atoms with van der Waals surface area (Å²) in [5.41, 5.74) is 0.572. The number of aryl methyl sites for hydroxylation is 1. The molecule has 27 heavy (non-hydrogen) atoms. The predicted molar refractivity (Wildman–Crippen MR) is 95.5 cm³/mol. The molecule has 3 rings (SSSR count). The molecule has 0 N–H and O–H groups in total. The molecule has 0 saturated carbocycles. The predicted octanol–water partition coefficient (Wildman–Crippen LogP) is 3.73. The molecule has 0 saturated heterocycles. The third-order valence-corrected chi connectivity index (χ3v) is 3.75. The van der Waals surface area contributed by atoms with E-state index in [0.29, 0.717) is 5.75 Å². The van der Waals surface area contributed by atoms with E-state index in [2.05, 4.69) is 9.97 Å². The Labute approximate surface area is 155 Å². The summed E-state index contributed by atoms with van der Waals surface area (Å²) < 4.78 is 30.4. The molecule has 0 radical (unpaired) electrons. The molecule has 0 unspecified atom stereocenters. The SMILES string of the molecule is COc1ccc(COc2cnc(C)c(F)c2C(=O)Oc2ccccn2)cc1. The lowest BCUT2D eigenvalue weighted by Crippen LogP contribution is -2.15. The van der Waals surface area contributed by atoms with E-state index in [9.17, 15) is 9.18 Å². The molecule has 138 valence electrons. The van der Waals surface area contributed by atoms with Gasteiger partial charge in [0, 0.05) is 12.3 Å². The molecular weight excluding hydrogens is 351 g/mol. The van der Waals surface area contributed by atoms with Gasteiger partial charge in [-0.3, -0.25) is 4.98 Å². The topological polar surface area (TPSA) is 70.5 Å². The van der Waals surface area contributed by atoms with E-state index in [1.54, 1.807) is 31.4 Å². The average Bonchev–Trinajstić information content (AvgIpc) is 2.70. The summed E-state index contributed by atoms with van der Waals surface area (Å²) in [6.45, 7) is 1.58. The fourth-order valence-electron chi connectivity index (χ4n) is 2.30. The van der Waals surface area contributed by atoms with Crippen molar-refractivity contribution in [3.05, 3.63) is 77.5 Å². The molecule has 7 heteroatoms. The van der Waals surface area contributed by atoms with Gasteiger partial charge in [-0.2, -0.15) is 0 Å². The Balaban J connectivity index is 1.82. The van der Waals surface area contributed by atoms with E-state index in [1.165, 1.54) is 25.4 Å². The van der Waals surface area contributed by atoms with Crippen LogP contribution in [0.4, 0.5) is 4.39 Å². The van der Waals surface area contributed by atoms with E-state index in [4.69, 9.17) is 14.2 Å². The highest BCUT2D eigenvalue weighted by Gasteiger charge is 2.23. The largest absolute Gasteiger partial charge is 0.497 e. The van der Waals surface area contributed by atoms with Crippen LogP contribution in [0.3, 0.4) is 0 Å². The van der Waals surface area contributed by atoms with Crippen LogP contribution in [0.25, 0.3) is 0 Å². The molecule has 0 atom stereocenters. The number of aromatic nitrogens is 2. The highest BCUT2D eigenvalue weighted by atomic mass is 19.1. The summed E-state index contributed by atoms with van der Waals surface area (Å²) in [6.07, 6.45) is 2.77. The minimum atomic E-state index is -0.901. The van der Waals surface area contributed by atoms with Crippen LogP contribution < -0.4 is 14.2 Å². The fourth-order valence-corrected chi connectivity index (χ4v) is 2.30. The Morgan fingerprint density at radius 2 is 1.89 bits per heavy atom. The summed E-state index contributed by atoms with van der Waals surface area (Å²) in [6, 6.07) is 12.0. The van der Waals surface area contributed by atoms with Crippen LogP contribution in [0.1, 0.15) is 21.6 Å². The molecule has 0 bridgehead atoms. The number of carbonyl (C=O) groups is 1. The molecule has 0 fully saturated rings. The lowest BCUT2D eigenvalue weighted by atomic mass is 10.2. The number of hydrogen-bond acceptors (Lipinski definition) is 6. The highest BCUT2D eigenvalue weighted by Crippen LogP contribution is 2.25. The van der Waals surface area contributed by atoms with Gasteiger partial charge in [0.25, 0.3) is 0 Å².